The molecule has 2 heterocycles. The Kier molecular flexibility index (Phi) is 3.71. The molecule has 0 unspecified atom stereocenters. The normalized spacial score (nSPS) is 15.5. The van der Waals surface area contributed by atoms with Gasteiger partial charge in [0.1, 0.15) is 5.01 Å². The lowest BCUT2D eigenvalue weighted by atomic mass is 10.2. The molecule has 3 rings (SSSR count). The first-order valence-electron chi connectivity index (χ1n) is 6.28. The summed E-state index contributed by atoms with van der Waals surface area (Å²) < 4.78 is 5.56. The Morgan fingerprint density at radius 3 is 3.00 bits per heavy atom. The highest BCUT2D eigenvalue weighted by Crippen LogP contribution is 2.31. The number of carboxylic acid groups (broad SMARTS) is 1. The first-order valence-corrected chi connectivity index (χ1v) is 7.10. The van der Waals surface area contributed by atoms with E-state index in [-0.39, 0.29) is 11.7 Å². The van der Waals surface area contributed by atoms with Crippen LogP contribution in [0, 0.1) is 0 Å². The Bertz CT molecular complexity index is 807. The first kappa shape index (κ1) is 14.0. The Hall–Kier alpha value is -2.93. The van der Waals surface area contributed by atoms with Crippen LogP contribution in [0.25, 0.3) is 12.2 Å². The minimum atomic E-state index is -1.03. The molecule has 1 aliphatic rings. The number of anilines is 1. The van der Waals surface area contributed by atoms with Crippen LogP contribution in [-0.4, -0.2) is 22.0 Å². The van der Waals surface area contributed by atoms with Gasteiger partial charge in [0.2, 0.25) is 0 Å². The zero-order valence-corrected chi connectivity index (χ0v) is 12.0. The molecular weight excluding hydrogens is 304 g/mol. The van der Waals surface area contributed by atoms with Crippen LogP contribution in [0.15, 0.2) is 42.3 Å². The second-order valence-electron chi connectivity index (χ2n) is 4.33. The van der Waals surface area contributed by atoms with Gasteiger partial charge in [-0.05, 0) is 18.2 Å². The van der Waals surface area contributed by atoms with Gasteiger partial charge in [-0.3, -0.25) is 4.79 Å². The van der Waals surface area contributed by atoms with Crippen LogP contribution < -0.4 is 10.1 Å². The summed E-state index contributed by atoms with van der Waals surface area (Å²) in [6.07, 6.45) is 5.53. The molecule has 0 saturated heterocycles. The van der Waals surface area contributed by atoms with Gasteiger partial charge in [0.25, 0.3) is 5.91 Å². The van der Waals surface area contributed by atoms with Gasteiger partial charge in [-0.1, -0.05) is 12.1 Å². The number of carbonyl (C=O) groups is 2. The largest absolute Gasteiger partial charge is 0.478 e. The van der Waals surface area contributed by atoms with Gasteiger partial charge >= 0.3 is 5.97 Å². The van der Waals surface area contributed by atoms with E-state index in [4.69, 9.17) is 9.84 Å². The molecule has 7 heteroatoms. The van der Waals surface area contributed by atoms with Crippen LogP contribution in [0.1, 0.15) is 9.88 Å². The quantitative estimate of drug-likeness (QED) is 0.850. The highest BCUT2D eigenvalue weighted by molar-refractivity contribution is 7.13. The third-order valence-corrected chi connectivity index (χ3v) is 3.67. The number of thiazole rings is 1. The number of carbonyl (C=O) groups excluding carboxylic acids is 1. The van der Waals surface area contributed by atoms with Gasteiger partial charge in [-0.25, -0.2) is 9.78 Å². The van der Waals surface area contributed by atoms with Crippen molar-refractivity contribution in [3.63, 3.8) is 0 Å². The van der Waals surface area contributed by atoms with E-state index in [1.54, 1.807) is 18.2 Å². The molecule has 0 aliphatic carbocycles. The van der Waals surface area contributed by atoms with Gasteiger partial charge in [0.05, 0.1) is 5.69 Å². The lowest BCUT2D eigenvalue weighted by Crippen LogP contribution is -2.23. The first-order chi connectivity index (χ1) is 10.6. The Labute approximate surface area is 129 Å². The number of nitrogens with zero attached hydrogens (tertiary/aromatic N) is 1. The van der Waals surface area contributed by atoms with Crippen molar-refractivity contribution in [3.05, 3.63) is 52.2 Å². The summed E-state index contributed by atoms with van der Waals surface area (Å²) in [5.74, 6) is -0.672. The molecule has 0 fully saturated rings. The Morgan fingerprint density at radius 2 is 2.18 bits per heavy atom. The maximum Gasteiger partial charge on any atom is 0.328 e. The van der Waals surface area contributed by atoms with Gasteiger partial charge in [0.15, 0.2) is 11.5 Å². The molecule has 2 aromatic rings. The third-order valence-electron chi connectivity index (χ3n) is 2.77. The van der Waals surface area contributed by atoms with E-state index in [0.717, 1.165) is 6.08 Å². The van der Waals surface area contributed by atoms with Gasteiger partial charge in [-0.2, -0.15) is 0 Å². The van der Waals surface area contributed by atoms with Crippen molar-refractivity contribution in [3.8, 4) is 5.75 Å². The van der Waals surface area contributed by atoms with Crippen LogP contribution >= 0.6 is 11.3 Å². The minimum absolute atomic E-state index is 0.141. The molecule has 1 aromatic heterocycles. The topological polar surface area (TPSA) is 88.5 Å². The van der Waals surface area contributed by atoms with E-state index >= 15 is 0 Å². The zero-order chi connectivity index (χ0) is 15.5. The molecule has 6 nitrogen and oxygen atoms in total. The molecule has 0 spiro atoms. The number of aromatic nitrogens is 1. The predicted molar refractivity (Wildman–Crippen MR) is 82.5 cm³/mol. The molecule has 110 valence electrons. The summed E-state index contributed by atoms with van der Waals surface area (Å²) in [6, 6.07) is 7.12. The third kappa shape index (κ3) is 3.04. The highest BCUT2D eigenvalue weighted by Gasteiger charge is 2.21. The van der Waals surface area contributed by atoms with Crippen molar-refractivity contribution in [1.29, 1.82) is 0 Å². The van der Waals surface area contributed by atoms with Crippen LogP contribution in [-0.2, 0) is 9.59 Å². The molecule has 2 N–H and O–H groups in total. The summed E-state index contributed by atoms with van der Waals surface area (Å²) in [5.41, 5.74) is 0.619. The average molecular weight is 314 g/mol. The van der Waals surface area contributed by atoms with Crippen LogP contribution in [0.3, 0.4) is 0 Å². The molecule has 22 heavy (non-hydrogen) atoms. The second kappa shape index (κ2) is 5.82. The van der Waals surface area contributed by atoms with E-state index in [0.29, 0.717) is 21.3 Å². The van der Waals surface area contributed by atoms with Crippen molar-refractivity contribution < 1.29 is 19.4 Å². The lowest BCUT2D eigenvalue weighted by molar-refractivity contribution is -0.131. The predicted octanol–water partition coefficient (Wildman–Crippen LogP) is 2.61. The number of para-hydroxylation sites is 2. The Morgan fingerprint density at radius 1 is 1.36 bits per heavy atom. The molecule has 1 amide bonds. The molecule has 1 aromatic carbocycles. The number of aliphatic carboxylic acids is 1. The van der Waals surface area contributed by atoms with Crippen LogP contribution in [0.4, 0.5) is 5.69 Å². The van der Waals surface area contributed by atoms with Gasteiger partial charge < -0.3 is 15.2 Å². The van der Waals surface area contributed by atoms with Gasteiger partial charge in [-0.15, -0.1) is 11.3 Å². The van der Waals surface area contributed by atoms with Crippen molar-refractivity contribution in [2.24, 2.45) is 0 Å². The van der Waals surface area contributed by atoms with E-state index < -0.39 is 5.97 Å². The standard InChI is InChI=1S/C15H10N2O4S/c18-14(19)6-5-9-8-16-13(22-9)7-12-15(20)17-10-3-1-2-4-11(10)21-12/h1-8H,(H,17,20)(H,18,19)/b6-5+,12-7-. The number of fused-ring (bicyclic) bond motifs is 1. The average Bonchev–Trinajstić information content (AvgIpc) is 2.93. The number of ether oxygens (including phenoxy) is 1. The smallest absolute Gasteiger partial charge is 0.328 e. The fraction of sp³-hybridized carbons (Fsp3) is 0. The molecular formula is C15H10N2O4S. The van der Waals surface area contributed by atoms with Crippen molar-refractivity contribution in [2.75, 3.05) is 5.32 Å². The molecule has 0 saturated carbocycles. The van der Waals surface area contributed by atoms with E-state index in [2.05, 4.69) is 10.3 Å². The number of rotatable bonds is 3. The molecule has 0 bridgehead atoms. The summed E-state index contributed by atoms with van der Waals surface area (Å²) in [6.45, 7) is 0. The SMILES string of the molecule is O=C(O)/C=C/c1cnc(/C=C2\Oc3ccccc3NC2=O)s1. The zero-order valence-electron chi connectivity index (χ0n) is 11.1. The Balaban J connectivity index is 1.84. The number of nitrogens with one attached hydrogen (secondary N) is 1. The molecule has 0 radical (unpaired) electrons. The summed E-state index contributed by atoms with van der Waals surface area (Å²) in [5, 5.41) is 11.9. The van der Waals surface area contributed by atoms with Crippen molar-refractivity contribution in [1.82, 2.24) is 4.98 Å². The highest BCUT2D eigenvalue weighted by atomic mass is 32.1. The number of hydrogen-bond donors (Lipinski definition) is 2. The number of carboxylic acids is 1. The van der Waals surface area contributed by atoms with Crippen molar-refractivity contribution >= 4 is 41.1 Å². The maximum atomic E-state index is 12.0. The fourth-order valence-electron chi connectivity index (χ4n) is 1.81. The lowest BCUT2D eigenvalue weighted by Gasteiger charge is -2.19. The summed E-state index contributed by atoms with van der Waals surface area (Å²) in [7, 11) is 0. The van der Waals surface area contributed by atoms with Gasteiger partial charge in [0, 0.05) is 23.2 Å². The number of amides is 1. The van der Waals surface area contributed by atoms with Crippen molar-refractivity contribution in [2.45, 2.75) is 0 Å². The fourth-order valence-corrected chi connectivity index (χ4v) is 2.57. The summed E-state index contributed by atoms with van der Waals surface area (Å²) >= 11 is 1.25. The van der Waals surface area contributed by atoms with E-state index in [9.17, 15) is 9.59 Å². The minimum Gasteiger partial charge on any atom is -0.478 e. The van der Waals surface area contributed by atoms with Crippen LogP contribution in [0.2, 0.25) is 0 Å². The van der Waals surface area contributed by atoms with Crippen LogP contribution in [0.5, 0.6) is 5.75 Å². The maximum absolute atomic E-state index is 12.0. The molecule has 0 atom stereocenters. The monoisotopic (exact) mass is 314 g/mol. The second-order valence-corrected chi connectivity index (χ2v) is 5.43. The molecule has 1 aliphatic heterocycles. The summed E-state index contributed by atoms with van der Waals surface area (Å²) in [4.78, 5) is 27.2. The van der Waals surface area contributed by atoms with E-state index in [1.807, 2.05) is 6.07 Å². The van der Waals surface area contributed by atoms with E-state index in [1.165, 1.54) is 29.7 Å². The number of hydrogen-bond acceptors (Lipinski definition) is 5. The number of benzene rings is 1.